The zero-order chi connectivity index (χ0) is 61.4. The molecule has 2 heterocycles. The van der Waals surface area contributed by atoms with Crippen molar-refractivity contribution < 1.29 is 0 Å². The second-order valence-electron chi connectivity index (χ2n) is 26.1. The standard InChI is InChI=1S/C80H66Cl2N6/c1-78(2,3)56-33-35-72-68(43-56)70-37-51(50-83)38-74(76(70)87(72)62-29-17-25-54(39-62)52-21-13-11-14-22-52)85(64-31-19-27-59(81)45-64)66-41-58(80(7,8)9)42-67(49-66)86(65-32-20-28-60(82)46-65)75-48-61(84-10)47-71-69-44-57(79(4,5)6)34-36-73(69)88(77(71)75)63-30-18-26-55(40-63)53-23-15-12-16-24-53/h11-49H,1-9H3. The predicted octanol–water partition coefficient (Wildman–Crippen LogP) is 23.8. The van der Waals surface area contributed by atoms with Crippen LogP contribution in [0.2, 0.25) is 10.0 Å². The van der Waals surface area contributed by atoms with Crippen LogP contribution in [0.1, 0.15) is 84.6 Å². The molecule has 0 spiro atoms. The molecule has 2 aromatic heterocycles. The van der Waals surface area contributed by atoms with Crippen LogP contribution in [0.25, 0.3) is 82.1 Å². The van der Waals surface area contributed by atoms with Gasteiger partial charge in [-0.25, -0.2) is 4.85 Å². The molecule has 0 saturated carbocycles. The van der Waals surface area contributed by atoms with Gasteiger partial charge in [0, 0.05) is 60.3 Å². The molecular weight excluding hydrogens is 1120 g/mol. The fraction of sp³-hybridized carbons (Fsp3) is 0.150. The van der Waals surface area contributed by atoms with E-state index >= 15 is 0 Å². The summed E-state index contributed by atoms with van der Waals surface area (Å²) in [4.78, 5) is 8.80. The van der Waals surface area contributed by atoms with Gasteiger partial charge in [0.2, 0.25) is 0 Å². The number of hydrogen-bond donors (Lipinski definition) is 0. The third-order valence-corrected chi connectivity index (χ3v) is 17.4. The van der Waals surface area contributed by atoms with Crippen molar-refractivity contribution in [3.05, 3.63) is 280 Å². The van der Waals surface area contributed by atoms with Gasteiger partial charge in [-0.1, -0.05) is 195 Å². The highest BCUT2D eigenvalue weighted by molar-refractivity contribution is 6.31. The zero-order valence-electron chi connectivity index (χ0n) is 51.0. The number of aromatic nitrogens is 2. The molecule has 0 aliphatic carbocycles. The summed E-state index contributed by atoms with van der Waals surface area (Å²) in [7, 11) is 0. The van der Waals surface area contributed by atoms with Gasteiger partial charge in [0.25, 0.3) is 0 Å². The lowest BCUT2D eigenvalue weighted by Crippen LogP contribution is -2.18. The Kier molecular flexibility index (Phi) is 14.4. The third-order valence-electron chi connectivity index (χ3n) is 17.0. The van der Waals surface area contributed by atoms with Crippen molar-refractivity contribution in [2.75, 3.05) is 9.80 Å². The summed E-state index contributed by atoms with van der Waals surface area (Å²) in [6.45, 7) is 29.0. The fourth-order valence-corrected chi connectivity index (χ4v) is 12.8. The van der Waals surface area contributed by atoms with Crippen molar-refractivity contribution >= 4 is 107 Å². The minimum atomic E-state index is -0.408. The maximum Gasteiger partial charge on any atom is 0.190 e. The Morgan fingerprint density at radius 1 is 0.386 bits per heavy atom. The number of halogens is 2. The van der Waals surface area contributed by atoms with Gasteiger partial charge < -0.3 is 18.9 Å². The Hall–Kier alpha value is -9.82. The zero-order valence-corrected chi connectivity index (χ0v) is 52.5. The summed E-state index contributed by atoms with van der Waals surface area (Å²) in [6.07, 6.45) is 0. The summed E-state index contributed by atoms with van der Waals surface area (Å²) in [5, 5.41) is 16.3. The van der Waals surface area contributed by atoms with E-state index in [2.05, 4.69) is 262 Å². The van der Waals surface area contributed by atoms with Crippen molar-refractivity contribution in [2.24, 2.45) is 0 Å². The number of nitriles is 1. The molecule has 0 aliphatic heterocycles. The van der Waals surface area contributed by atoms with E-state index in [-0.39, 0.29) is 10.8 Å². The number of anilines is 6. The van der Waals surface area contributed by atoms with Gasteiger partial charge in [0.1, 0.15) is 0 Å². The molecule has 0 N–H and O–H groups in total. The van der Waals surface area contributed by atoms with E-state index in [1.807, 2.05) is 66.7 Å². The molecule has 0 fully saturated rings. The lowest BCUT2D eigenvalue weighted by Gasteiger charge is -2.33. The molecule has 88 heavy (non-hydrogen) atoms. The largest absolute Gasteiger partial charge is 0.309 e. The molecule has 0 bridgehead atoms. The Bertz CT molecular complexity index is 4670. The Morgan fingerprint density at radius 3 is 1.25 bits per heavy atom. The van der Waals surface area contributed by atoms with E-state index in [4.69, 9.17) is 29.8 Å². The van der Waals surface area contributed by atoms with Crippen LogP contribution in [-0.2, 0) is 16.2 Å². The molecule has 430 valence electrons. The molecule has 0 unspecified atom stereocenters. The SMILES string of the molecule is [C-]#[N+]c1cc(N(c2cccc(Cl)c2)c2cc(N(c3cccc(Cl)c3)c3cc(C#N)cc4c5cc(C(C)(C)C)ccc5n(-c5cccc(-c6ccccc6)c5)c34)cc(C(C)(C)C)c2)c2c(c1)c1cc(C(C)(C)C)ccc1n2-c1cccc(-c2ccccc2)c1. The molecule has 0 atom stereocenters. The van der Waals surface area contributed by atoms with Crippen LogP contribution in [0, 0.1) is 17.9 Å². The van der Waals surface area contributed by atoms with E-state index < -0.39 is 5.41 Å². The van der Waals surface area contributed by atoms with Gasteiger partial charge in [-0.05, 0) is 188 Å². The second-order valence-corrected chi connectivity index (χ2v) is 26.9. The summed E-state index contributed by atoms with van der Waals surface area (Å²) < 4.78 is 4.74. The number of nitrogens with zero attached hydrogens (tertiary/aromatic N) is 6. The lowest BCUT2D eigenvalue weighted by molar-refractivity contribution is 0.590. The molecular formula is C80H66Cl2N6. The van der Waals surface area contributed by atoms with Crippen LogP contribution in [0.4, 0.5) is 39.8 Å². The molecule has 0 radical (unpaired) electrons. The molecule has 8 heteroatoms. The van der Waals surface area contributed by atoms with Crippen molar-refractivity contribution in [1.29, 1.82) is 5.26 Å². The van der Waals surface area contributed by atoms with E-state index in [0.29, 0.717) is 21.3 Å². The molecule has 6 nitrogen and oxygen atoms in total. The second kappa shape index (κ2) is 22.2. The normalized spacial score (nSPS) is 12.0. The average Bonchev–Trinajstić information content (AvgIpc) is 1.55. The summed E-state index contributed by atoms with van der Waals surface area (Å²) in [5.74, 6) is 0. The quantitative estimate of drug-likeness (QED) is 0.128. The summed E-state index contributed by atoms with van der Waals surface area (Å²) in [6, 6.07) is 85.6. The van der Waals surface area contributed by atoms with E-state index in [1.165, 1.54) is 11.1 Å². The summed E-state index contributed by atoms with van der Waals surface area (Å²) >= 11 is 14.3. The number of benzene rings is 11. The van der Waals surface area contributed by atoms with Gasteiger partial charge in [-0.15, -0.1) is 0 Å². The fourth-order valence-electron chi connectivity index (χ4n) is 12.5. The van der Waals surface area contributed by atoms with Crippen LogP contribution in [-0.4, -0.2) is 9.13 Å². The minimum absolute atomic E-state index is 0.157. The van der Waals surface area contributed by atoms with Crippen molar-refractivity contribution in [3.8, 4) is 39.7 Å². The first-order chi connectivity index (χ1) is 42.2. The minimum Gasteiger partial charge on any atom is -0.309 e. The monoisotopic (exact) mass is 1180 g/mol. The Balaban J connectivity index is 1.16. The Labute approximate surface area is 526 Å². The molecule has 11 aromatic carbocycles. The number of hydrogen-bond acceptors (Lipinski definition) is 3. The predicted molar refractivity (Wildman–Crippen MR) is 372 cm³/mol. The maximum absolute atomic E-state index is 11.3. The molecule has 0 saturated heterocycles. The average molecular weight is 1180 g/mol. The highest BCUT2D eigenvalue weighted by Crippen LogP contribution is 2.51. The molecule has 13 aromatic rings. The lowest BCUT2D eigenvalue weighted by atomic mass is 9.86. The van der Waals surface area contributed by atoms with Gasteiger partial charge in [-0.2, -0.15) is 5.26 Å². The van der Waals surface area contributed by atoms with E-state index in [1.54, 1.807) is 0 Å². The molecule has 0 amide bonds. The summed E-state index contributed by atoms with van der Waals surface area (Å²) in [5.41, 5.74) is 18.7. The molecule has 13 rings (SSSR count). The Morgan fingerprint density at radius 2 is 0.818 bits per heavy atom. The van der Waals surface area contributed by atoms with Crippen molar-refractivity contribution in [3.63, 3.8) is 0 Å². The van der Waals surface area contributed by atoms with Gasteiger partial charge in [0.15, 0.2) is 5.69 Å². The first kappa shape index (κ1) is 57.3. The van der Waals surface area contributed by atoms with Crippen molar-refractivity contribution in [1.82, 2.24) is 9.13 Å². The van der Waals surface area contributed by atoms with Crippen molar-refractivity contribution in [2.45, 2.75) is 78.6 Å². The van der Waals surface area contributed by atoms with Crippen LogP contribution in [0.15, 0.2) is 237 Å². The molecule has 0 aliphatic rings. The van der Waals surface area contributed by atoms with Crippen LogP contribution in [0.5, 0.6) is 0 Å². The maximum atomic E-state index is 11.3. The smallest absolute Gasteiger partial charge is 0.190 e. The first-order valence-electron chi connectivity index (χ1n) is 29.9. The van der Waals surface area contributed by atoms with Gasteiger partial charge in [-0.3, -0.25) is 0 Å². The van der Waals surface area contributed by atoms with E-state index in [0.717, 1.165) is 117 Å². The topological polar surface area (TPSA) is 44.5 Å². The first-order valence-corrected chi connectivity index (χ1v) is 30.6. The van der Waals surface area contributed by atoms with Crippen LogP contribution in [0.3, 0.4) is 0 Å². The van der Waals surface area contributed by atoms with Gasteiger partial charge >= 0.3 is 0 Å². The van der Waals surface area contributed by atoms with Crippen LogP contribution < -0.4 is 9.80 Å². The number of rotatable bonds is 10. The van der Waals surface area contributed by atoms with E-state index in [9.17, 15) is 5.26 Å². The van der Waals surface area contributed by atoms with Crippen LogP contribution >= 0.6 is 23.2 Å². The third kappa shape index (κ3) is 10.5. The van der Waals surface area contributed by atoms with Gasteiger partial charge in [0.05, 0.1) is 51.6 Å². The highest BCUT2D eigenvalue weighted by atomic mass is 35.5. The highest BCUT2D eigenvalue weighted by Gasteiger charge is 2.30. The number of fused-ring (bicyclic) bond motifs is 6.